The van der Waals surface area contributed by atoms with Crippen LogP contribution in [0.2, 0.25) is 0 Å². The van der Waals surface area contributed by atoms with Crippen molar-refractivity contribution in [1.82, 2.24) is 4.90 Å². The van der Waals surface area contributed by atoms with Gasteiger partial charge in [-0.15, -0.1) is 0 Å². The molecule has 1 aliphatic heterocycles. The Hall–Kier alpha value is -2.14. The number of likely N-dealkylation sites (tertiary alicyclic amines) is 1. The molecule has 2 aromatic carbocycles. The molecule has 0 amide bonds. The van der Waals surface area contributed by atoms with Crippen molar-refractivity contribution >= 4 is 39.8 Å². The highest BCUT2D eigenvalue weighted by Crippen LogP contribution is 2.30. The Labute approximate surface area is 166 Å². The van der Waals surface area contributed by atoms with Crippen molar-refractivity contribution in [3.8, 4) is 0 Å². The van der Waals surface area contributed by atoms with Crippen LogP contribution in [-0.2, 0) is 4.79 Å². The van der Waals surface area contributed by atoms with Crippen LogP contribution >= 0.6 is 12.2 Å². The molecule has 5 heteroatoms. The van der Waals surface area contributed by atoms with Crippen molar-refractivity contribution in [3.63, 3.8) is 0 Å². The van der Waals surface area contributed by atoms with Gasteiger partial charge in [-0.05, 0) is 48.9 Å². The molecule has 0 bridgehead atoms. The molecule has 0 spiro atoms. The average Bonchev–Trinajstić information content (AvgIpc) is 2.69. The van der Waals surface area contributed by atoms with E-state index in [9.17, 15) is 9.90 Å². The van der Waals surface area contributed by atoms with Gasteiger partial charge in [0.1, 0.15) is 0 Å². The number of carboxylic acids is 1. The van der Waals surface area contributed by atoms with Crippen molar-refractivity contribution in [1.29, 1.82) is 0 Å². The smallest absolute Gasteiger partial charge is 0.306 e. The molecule has 1 unspecified atom stereocenters. The second-order valence-corrected chi connectivity index (χ2v) is 7.75. The SMILES string of the molecule is CCCCC(C(=O)O)C1CCN(C(=S)Nc2cccc3ccccc23)CC1. The first-order chi connectivity index (χ1) is 13.1. The number of unbranched alkanes of at least 4 members (excludes halogenated alkanes) is 1. The van der Waals surface area contributed by atoms with E-state index in [-0.39, 0.29) is 11.8 Å². The van der Waals surface area contributed by atoms with Gasteiger partial charge in [0, 0.05) is 24.2 Å². The molecular formula is C22H28N2O2S. The molecule has 144 valence electrons. The van der Waals surface area contributed by atoms with E-state index in [2.05, 4.69) is 35.3 Å². The zero-order chi connectivity index (χ0) is 19.2. The number of thiocarbonyl (C=S) groups is 1. The van der Waals surface area contributed by atoms with Gasteiger partial charge in [-0.2, -0.15) is 0 Å². The van der Waals surface area contributed by atoms with E-state index in [1.54, 1.807) is 0 Å². The minimum atomic E-state index is -0.640. The maximum atomic E-state index is 11.6. The first-order valence-corrected chi connectivity index (χ1v) is 10.3. The van der Waals surface area contributed by atoms with Crippen LogP contribution in [0.5, 0.6) is 0 Å². The number of aliphatic carboxylic acids is 1. The van der Waals surface area contributed by atoms with Crippen molar-refractivity contribution < 1.29 is 9.90 Å². The number of carbonyl (C=O) groups is 1. The number of benzene rings is 2. The van der Waals surface area contributed by atoms with Gasteiger partial charge in [0.15, 0.2) is 5.11 Å². The number of piperidine rings is 1. The molecule has 4 nitrogen and oxygen atoms in total. The van der Waals surface area contributed by atoms with E-state index >= 15 is 0 Å². The highest BCUT2D eigenvalue weighted by Gasteiger charge is 2.31. The lowest BCUT2D eigenvalue weighted by Gasteiger charge is -2.36. The predicted octanol–water partition coefficient (Wildman–Crippen LogP) is 5.14. The average molecular weight is 385 g/mol. The standard InChI is InChI=1S/C22H28N2O2S/c1-2-3-9-19(21(25)26)17-12-14-24(15-13-17)22(27)23-20-11-6-8-16-7-4-5-10-18(16)20/h4-8,10-11,17,19H,2-3,9,12-15H2,1H3,(H,23,27)(H,25,26). The maximum absolute atomic E-state index is 11.6. The molecule has 0 saturated carbocycles. The van der Waals surface area contributed by atoms with E-state index in [0.29, 0.717) is 0 Å². The van der Waals surface area contributed by atoms with Crippen LogP contribution in [0.1, 0.15) is 39.0 Å². The summed E-state index contributed by atoms with van der Waals surface area (Å²) in [5.41, 5.74) is 1.02. The van der Waals surface area contributed by atoms with Gasteiger partial charge in [-0.25, -0.2) is 0 Å². The van der Waals surface area contributed by atoms with E-state index in [1.807, 2.05) is 24.3 Å². The summed E-state index contributed by atoms with van der Waals surface area (Å²) in [5.74, 6) is -0.601. The minimum absolute atomic E-state index is 0.216. The Morgan fingerprint density at radius 2 is 1.93 bits per heavy atom. The quantitative estimate of drug-likeness (QED) is 0.676. The van der Waals surface area contributed by atoms with Gasteiger partial charge in [0.05, 0.1) is 5.92 Å². The Morgan fingerprint density at radius 1 is 1.22 bits per heavy atom. The van der Waals surface area contributed by atoms with E-state index in [4.69, 9.17) is 12.2 Å². The fourth-order valence-electron chi connectivity index (χ4n) is 4.02. The third-order valence-electron chi connectivity index (χ3n) is 5.61. The highest BCUT2D eigenvalue weighted by molar-refractivity contribution is 7.80. The molecule has 0 aliphatic carbocycles. The maximum Gasteiger partial charge on any atom is 0.306 e. The molecular weight excluding hydrogens is 356 g/mol. The zero-order valence-corrected chi connectivity index (χ0v) is 16.7. The molecule has 2 N–H and O–H groups in total. The molecule has 1 fully saturated rings. The molecule has 1 heterocycles. The van der Waals surface area contributed by atoms with Crippen LogP contribution in [0, 0.1) is 11.8 Å². The summed E-state index contributed by atoms with van der Waals surface area (Å²) in [6.07, 6.45) is 4.59. The van der Waals surface area contributed by atoms with Crippen LogP contribution < -0.4 is 5.32 Å². The van der Waals surface area contributed by atoms with E-state index in [1.165, 1.54) is 5.39 Å². The van der Waals surface area contributed by atoms with E-state index in [0.717, 1.165) is 61.4 Å². The summed E-state index contributed by atoms with van der Waals surface area (Å²) in [4.78, 5) is 13.8. The third kappa shape index (κ3) is 4.78. The third-order valence-corrected chi connectivity index (χ3v) is 5.97. The lowest BCUT2D eigenvalue weighted by molar-refractivity contribution is -0.144. The summed E-state index contributed by atoms with van der Waals surface area (Å²) in [7, 11) is 0. The number of nitrogens with one attached hydrogen (secondary N) is 1. The predicted molar refractivity (Wildman–Crippen MR) is 115 cm³/mol. The van der Waals surface area contributed by atoms with Crippen molar-refractivity contribution in [3.05, 3.63) is 42.5 Å². The van der Waals surface area contributed by atoms with Crippen molar-refractivity contribution in [2.75, 3.05) is 18.4 Å². The van der Waals surface area contributed by atoms with Gasteiger partial charge < -0.3 is 15.3 Å². The normalized spacial score (nSPS) is 16.3. The lowest BCUT2D eigenvalue weighted by Crippen LogP contribution is -2.43. The van der Waals surface area contributed by atoms with Crippen LogP contribution in [-0.4, -0.2) is 34.2 Å². The summed E-state index contributed by atoms with van der Waals surface area (Å²) >= 11 is 5.64. The molecule has 0 radical (unpaired) electrons. The number of hydrogen-bond donors (Lipinski definition) is 2. The van der Waals surface area contributed by atoms with Gasteiger partial charge in [-0.3, -0.25) is 4.79 Å². The van der Waals surface area contributed by atoms with E-state index < -0.39 is 5.97 Å². The Kier molecular flexibility index (Phi) is 6.67. The molecule has 2 aromatic rings. The second-order valence-electron chi connectivity index (χ2n) is 7.37. The Bertz CT molecular complexity index is 795. The second kappa shape index (κ2) is 9.18. The molecule has 1 saturated heterocycles. The first-order valence-electron chi connectivity index (χ1n) is 9.86. The van der Waals surface area contributed by atoms with Crippen molar-refractivity contribution in [2.24, 2.45) is 11.8 Å². The summed E-state index contributed by atoms with van der Waals surface area (Å²) < 4.78 is 0. The molecule has 1 aliphatic rings. The summed E-state index contributed by atoms with van der Waals surface area (Å²) in [6, 6.07) is 14.4. The topological polar surface area (TPSA) is 52.6 Å². The molecule has 27 heavy (non-hydrogen) atoms. The molecule has 0 aromatic heterocycles. The van der Waals surface area contributed by atoms with Gasteiger partial charge in [0.2, 0.25) is 0 Å². The molecule has 1 atom stereocenters. The van der Waals surface area contributed by atoms with Crippen LogP contribution in [0.3, 0.4) is 0 Å². The fourth-order valence-corrected chi connectivity index (χ4v) is 4.31. The number of hydrogen-bond acceptors (Lipinski definition) is 2. The number of anilines is 1. The summed E-state index contributed by atoms with van der Waals surface area (Å²) in [5, 5.41) is 16.0. The number of fused-ring (bicyclic) bond motifs is 1. The van der Waals surface area contributed by atoms with Crippen LogP contribution in [0.4, 0.5) is 5.69 Å². The van der Waals surface area contributed by atoms with Gasteiger partial charge in [0.25, 0.3) is 0 Å². The Balaban J connectivity index is 1.60. The molecule has 3 rings (SSSR count). The first kappa shape index (κ1) is 19.6. The summed E-state index contributed by atoms with van der Waals surface area (Å²) in [6.45, 7) is 3.74. The Morgan fingerprint density at radius 3 is 2.63 bits per heavy atom. The monoisotopic (exact) mass is 384 g/mol. The van der Waals surface area contributed by atoms with Crippen LogP contribution in [0.15, 0.2) is 42.5 Å². The fraction of sp³-hybridized carbons (Fsp3) is 0.455. The highest BCUT2D eigenvalue weighted by atomic mass is 32.1. The van der Waals surface area contributed by atoms with Crippen molar-refractivity contribution in [2.45, 2.75) is 39.0 Å². The number of carboxylic acid groups (broad SMARTS) is 1. The number of rotatable bonds is 6. The van der Waals surface area contributed by atoms with Gasteiger partial charge in [-0.1, -0.05) is 56.2 Å². The minimum Gasteiger partial charge on any atom is -0.481 e. The van der Waals surface area contributed by atoms with Gasteiger partial charge >= 0.3 is 5.97 Å². The number of nitrogens with zero attached hydrogens (tertiary/aromatic N) is 1. The zero-order valence-electron chi connectivity index (χ0n) is 15.9. The lowest BCUT2D eigenvalue weighted by atomic mass is 9.81. The van der Waals surface area contributed by atoms with Crippen LogP contribution in [0.25, 0.3) is 10.8 Å². The largest absolute Gasteiger partial charge is 0.481 e.